The number of carboxylic acid groups (broad SMARTS) is 1. The van der Waals surface area contributed by atoms with Crippen molar-refractivity contribution in [3.8, 4) is 11.5 Å². The largest absolute Gasteiger partial charge is 0.493 e. The van der Waals surface area contributed by atoms with E-state index in [2.05, 4.69) is 10.5 Å². The first-order valence-corrected chi connectivity index (χ1v) is 8.91. The summed E-state index contributed by atoms with van der Waals surface area (Å²) in [6.07, 6.45) is 1.49. The predicted molar refractivity (Wildman–Crippen MR) is 102 cm³/mol. The number of hydrogen-bond acceptors (Lipinski definition) is 7. The Morgan fingerprint density at radius 3 is 2.81 bits per heavy atom. The fourth-order valence-corrected chi connectivity index (χ4v) is 3.05. The lowest BCUT2D eigenvalue weighted by molar-refractivity contribution is -0.139. The zero-order valence-corrected chi connectivity index (χ0v) is 16.4. The van der Waals surface area contributed by atoms with Crippen molar-refractivity contribution in [2.45, 2.75) is 0 Å². The Hall–Kier alpha value is -1.92. The van der Waals surface area contributed by atoms with E-state index >= 15 is 0 Å². The number of ether oxygens (including phenoxy) is 3. The first kappa shape index (κ1) is 20.4. The van der Waals surface area contributed by atoms with E-state index < -0.39 is 12.6 Å². The molecule has 1 saturated heterocycles. The summed E-state index contributed by atoms with van der Waals surface area (Å²) in [7, 11) is 1.46. The lowest BCUT2D eigenvalue weighted by Crippen LogP contribution is -2.42. The van der Waals surface area contributed by atoms with E-state index in [1.165, 1.54) is 13.3 Å². The summed E-state index contributed by atoms with van der Waals surface area (Å²) >= 11 is 2.02. The van der Waals surface area contributed by atoms with Crippen molar-refractivity contribution >= 4 is 40.7 Å². The molecule has 9 nitrogen and oxygen atoms in total. The number of hydrazone groups is 1. The van der Waals surface area contributed by atoms with Gasteiger partial charge in [0.05, 0.1) is 36.7 Å². The quantitative estimate of drug-likeness (QED) is 0.320. The Balaban J connectivity index is 1.95. The molecule has 142 valence electrons. The molecule has 1 aliphatic heterocycles. The van der Waals surface area contributed by atoms with Gasteiger partial charge in [-0.3, -0.25) is 9.69 Å². The topological polar surface area (TPSA) is 110 Å². The first-order valence-electron chi connectivity index (χ1n) is 7.83. The zero-order chi connectivity index (χ0) is 18.9. The van der Waals surface area contributed by atoms with Gasteiger partial charge in [0.2, 0.25) is 0 Å². The van der Waals surface area contributed by atoms with Crippen LogP contribution in [0.3, 0.4) is 0 Å². The number of morpholine rings is 1. The van der Waals surface area contributed by atoms with Gasteiger partial charge < -0.3 is 19.3 Å². The van der Waals surface area contributed by atoms with Crippen LogP contribution in [-0.4, -0.2) is 74.7 Å². The van der Waals surface area contributed by atoms with Gasteiger partial charge in [0.1, 0.15) is 0 Å². The zero-order valence-electron chi connectivity index (χ0n) is 14.2. The summed E-state index contributed by atoms with van der Waals surface area (Å²) in [5.41, 5.74) is 3.17. The summed E-state index contributed by atoms with van der Waals surface area (Å²) in [6.45, 7) is 2.52. The lowest BCUT2D eigenvalue weighted by atomic mass is 10.2. The molecule has 1 aromatic rings. The fraction of sp³-hybridized carbons (Fsp3) is 0.438. The van der Waals surface area contributed by atoms with Gasteiger partial charge in [0.25, 0.3) is 5.91 Å². The summed E-state index contributed by atoms with van der Waals surface area (Å²) in [6, 6.07) is 3.40. The molecule has 1 amide bonds. The van der Waals surface area contributed by atoms with Crippen molar-refractivity contribution in [1.82, 2.24) is 10.3 Å². The van der Waals surface area contributed by atoms with Gasteiger partial charge in [0.15, 0.2) is 18.1 Å². The van der Waals surface area contributed by atoms with Crippen molar-refractivity contribution in [3.63, 3.8) is 0 Å². The average molecular weight is 477 g/mol. The third-order valence-corrected chi connectivity index (χ3v) is 4.27. The van der Waals surface area contributed by atoms with Crippen LogP contribution >= 0.6 is 22.6 Å². The normalized spacial score (nSPS) is 15.0. The number of methoxy groups -OCH3 is 1. The molecule has 2 rings (SSSR count). The lowest BCUT2D eigenvalue weighted by Gasteiger charge is -2.25. The highest BCUT2D eigenvalue weighted by Crippen LogP contribution is 2.33. The fourth-order valence-electron chi connectivity index (χ4n) is 2.26. The third kappa shape index (κ3) is 6.42. The van der Waals surface area contributed by atoms with E-state index in [1.54, 1.807) is 12.1 Å². The van der Waals surface area contributed by atoms with Crippen molar-refractivity contribution in [3.05, 3.63) is 21.3 Å². The highest BCUT2D eigenvalue weighted by Gasteiger charge is 2.14. The van der Waals surface area contributed by atoms with Gasteiger partial charge in [-0.1, -0.05) is 0 Å². The number of aliphatic carboxylic acids is 1. The number of carbonyl (C=O) groups is 2. The maximum atomic E-state index is 11.9. The maximum absolute atomic E-state index is 11.9. The second-order valence-electron chi connectivity index (χ2n) is 5.40. The molecule has 1 heterocycles. The van der Waals surface area contributed by atoms with Crippen LogP contribution in [-0.2, 0) is 14.3 Å². The number of benzene rings is 1. The average Bonchev–Trinajstić information content (AvgIpc) is 2.61. The van der Waals surface area contributed by atoms with Gasteiger partial charge in [0, 0.05) is 13.1 Å². The molecule has 1 fully saturated rings. The Bertz CT molecular complexity index is 676. The van der Waals surface area contributed by atoms with E-state index in [9.17, 15) is 9.59 Å². The molecule has 0 bridgehead atoms. The number of carbonyl (C=O) groups excluding carboxylic acids is 1. The Morgan fingerprint density at radius 2 is 2.15 bits per heavy atom. The Morgan fingerprint density at radius 1 is 1.42 bits per heavy atom. The van der Waals surface area contributed by atoms with Crippen molar-refractivity contribution < 1.29 is 28.9 Å². The minimum absolute atomic E-state index is 0.203. The smallest absolute Gasteiger partial charge is 0.341 e. The van der Waals surface area contributed by atoms with Crippen LogP contribution in [0.15, 0.2) is 17.2 Å². The molecule has 0 aliphatic carbocycles. The molecule has 1 aromatic carbocycles. The van der Waals surface area contributed by atoms with Crippen molar-refractivity contribution in [2.75, 3.05) is 46.6 Å². The standard InChI is InChI=1S/C16H20IN3O6/c1-24-13-7-11(6-12(17)16(13)26-10-15(22)23)8-18-19-14(21)9-20-2-4-25-5-3-20/h6-8H,2-5,9-10H2,1H3,(H,19,21)(H,22,23)/b18-8+. The summed E-state index contributed by atoms with van der Waals surface area (Å²) in [5, 5.41) is 12.7. The highest BCUT2D eigenvalue weighted by atomic mass is 127. The minimum atomic E-state index is -1.07. The van der Waals surface area contributed by atoms with Crippen LogP contribution in [0.25, 0.3) is 0 Å². The number of nitrogens with zero attached hydrogens (tertiary/aromatic N) is 2. The van der Waals surface area contributed by atoms with E-state index in [0.29, 0.717) is 33.8 Å². The number of amides is 1. The number of nitrogens with one attached hydrogen (secondary N) is 1. The van der Waals surface area contributed by atoms with Gasteiger partial charge in [-0.15, -0.1) is 0 Å². The van der Waals surface area contributed by atoms with Gasteiger partial charge in [-0.25, -0.2) is 10.2 Å². The molecule has 0 saturated carbocycles. The molecule has 0 radical (unpaired) electrons. The van der Waals surface area contributed by atoms with Gasteiger partial charge in [-0.05, 0) is 40.3 Å². The van der Waals surface area contributed by atoms with Crippen LogP contribution in [0.2, 0.25) is 0 Å². The molecule has 0 aromatic heterocycles. The van der Waals surface area contributed by atoms with E-state index in [0.717, 1.165) is 13.1 Å². The predicted octanol–water partition coefficient (Wildman–Crippen LogP) is 0.546. The molecule has 26 heavy (non-hydrogen) atoms. The number of rotatable bonds is 8. The SMILES string of the molecule is COc1cc(/C=N/NC(=O)CN2CCOCC2)cc(I)c1OCC(=O)O. The van der Waals surface area contributed by atoms with Gasteiger partial charge >= 0.3 is 5.97 Å². The molecule has 0 unspecified atom stereocenters. The summed E-state index contributed by atoms with van der Waals surface area (Å²) in [4.78, 5) is 24.5. The number of carboxylic acids is 1. The Labute approximate surface area is 164 Å². The minimum Gasteiger partial charge on any atom is -0.493 e. The van der Waals surface area contributed by atoms with Crippen LogP contribution in [0.5, 0.6) is 11.5 Å². The maximum Gasteiger partial charge on any atom is 0.341 e. The molecule has 10 heteroatoms. The molecule has 1 aliphatic rings. The van der Waals surface area contributed by atoms with E-state index in [4.69, 9.17) is 19.3 Å². The molecular formula is C16H20IN3O6. The molecule has 0 atom stereocenters. The molecule has 2 N–H and O–H groups in total. The third-order valence-electron chi connectivity index (χ3n) is 3.47. The van der Waals surface area contributed by atoms with Crippen LogP contribution in [0.4, 0.5) is 0 Å². The number of hydrogen-bond donors (Lipinski definition) is 2. The highest BCUT2D eigenvalue weighted by molar-refractivity contribution is 14.1. The monoisotopic (exact) mass is 477 g/mol. The number of halogens is 1. The van der Waals surface area contributed by atoms with Crippen molar-refractivity contribution in [1.29, 1.82) is 0 Å². The second kappa shape index (κ2) is 10.3. The Kier molecular flexibility index (Phi) is 8.06. The van der Waals surface area contributed by atoms with Crippen LogP contribution in [0, 0.1) is 3.57 Å². The first-order chi connectivity index (χ1) is 12.5. The van der Waals surface area contributed by atoms with Crippen LogP contribution in [0.1, 0.15) is 5.56 Å². The van der Waals surface area contributed by atoms with E-state index in [1.807, 2.05) is 27.5 Å². The van der Waals surface area contributed by atoms with Gasteiger partial charge in [-0.2, -0.15) is 5.10 Å². The van der Waals surface area contributed by atoms with E-state index in [-0.39, 0.29) is 12.5 Å². The summed E-state index contributed by atoms with van der Waals surface area (Å²) in [5.74, 6) is -0.536. The molecular weight excluding hydrogens is 457 g/mol. The van der Waals surface area contributed by atoms with Crippen LogP contribution < -0.4 is 14.9 Å². The second-order valence-corrected chi connectivity index (χ2v) is 6.56. The molecule has 0 spiro atoms. The van der Waals surface area contributed by atoms with Crippen molar-refractivity contribution in [2.24, 2.45) is 5.10 Å². The summed E-state index contributed by atoms with van der Waals surface area (Å²) < 4.78 is 16.4.